The molecule has 1 aromatic heterocycles. The molecule has 1 aliphatic rings. The van der Waals surface area contributed by atoms with Gasteiger partial charge in [-0.15, -0.1) is 10.2 Å². The van der Waals surface area contributed by atoms with Gasteiger partial charge in [-0.2, -0.15) is 0 Å². The quantitative estimate of drug-likeness (QED) is 0.479. The van der Waals surface area contributed by atoms with Gasteiger partial charge in [0.15, 0.2) is 0 Å². The van der Waals surface area contributed by atoms with E-state index in [2.05, 4.69) is 15.5 Å². The van der Waals surface area contributed by atoms with Crippen LogP contribution in [0.4, 0.5) is 5.13 Å². The van der Waals surface area contributed by atoms with Crippen LogP contribution >= 0.6 is 11.3 Å². The van der Waals surface area contributed by atoms with Gasteiger partial charge in [-0.25, -0.2) is 12.7 Å². The van der Waals surface area contributed by atoms with Gasteiger partial charge in [-0.1, -0.05) is 41.7 Å². The second-order valence-corrected chi connectivity index (χ2v) is 11.3. The van der Waals surface area contributed by atoms with Crippen LogP contribution < -0.4 is 10.1 Å². The van der Waals surface area contributed by atoms with Gasteiger partial charge in [0.25, 0.3) is 0 Å². The van der Waals surface area contributed by atoms with Crippen molar-refractivity contribution in [2.75, 3.05) is 31.3 Å². The van der Waals surface area contributed by atoms with Crippen molar-refractivity contribution < 1.29 is 17.9 Å². The Bertz CT molecular complexity index is 1200. The van der Waals surface area contributed by atoms with Crippen molar-refractivity contribution >= 4 is 32.4 Å². The molecule has 0 radical (unpaired) electrons. The maximum Gasteiger partial charge on any atom is 0.230 e. The Hall–Kier alpha value is -2.82. The summed E-state index contributed by atoms with van der Waals surface area (Å²) >= 11 is 1.28. The molecule has 0 saturated carbocycles. The minimum atomic E-state index is -3.41. The van der Waals surface area contributed by atoms with Gasteiger partial charge in [-0.3, -0.25) is 4.79 Å². The summed E-state index contributed by atoms with van der Waals surface area (Å²) in [4.78, 5) is 12.9. The Morgan fingerprint density at radius 2 is 1.91 bits per heavy atom. The Morgan fingerprint density at radius 1 is 1.15 bits per heavy atom. The van der Waals surface area contributed by atoms with Crippen LogP contribution in [0, 0.1) is 5.92 Å². The van der Waals surface area contributed by atoms with Crippen molar-refractivity contribution in [2.45, 2.75) is 25.7 Å². The van der Waals surface area contributed by atoms with Crippen molar-refractivity contribution in [3.05, 3.63) is 60.2 Å². The molecule has 1 atom stereocenters. The number of rotatable bonds is 9. The molecule has 1 N–H and O–H groups in total. The standard InChI is InChI=1S/C24H28N4O4S2/c1-32-21-13-11-19(12-14-21)23-26-27-24(33-23)25-22(29)20-10-5-15-28(17-20)34(30,31)16-6-9-18-7-3-2-4-8-18/h2-4,7-8,11-14,20H,5-6,9-10,15-17H2,1H3,(H,25,27,29). The third kappa shape index (κ3) is 6.19. The lowest BCUT2D eigenvalue weighted by Gasteiger charge is -2.31. The largest absolute Gasteiger partial charge is 0.497 e. The summed E-state index contributed by atoms with van der Waals surface area (Å²) in [5.41, 5.74) is 2.00. The molecule has 8 nitrogen and oxygen atoms in total. The molecule has 2 aromatic carbocycles. The predicted octanol–water partition coefficient (Wildman–Crippen LogP) is 3.83. The van der Waals surface area contributed by atoms with Crippen LogP contribution in [0.15, 0.2) is 54.6 Å². The molecule has 4 rings (SSSR count). The average molecular weight is 501 g/mol. The first-order valence-electron chi connectivity index (χ1n) is 11.2. The average Bonchev–Trinajstić information content (AvgIpc) is 3.33. The van der Waals surface area contributed by atoms with Gasteiger partial charge < -0.3 is 10.1 Å². The number of aromatic nitrogens is 2. The summed E-state index contributed by atoms with van der Waals surface area (Å²) in [6, 6.07) is 17.3. The van der Waals surface area contributed by atoms with E-state index >= 15 is 0 Å². The molecule has 2 heterocycles. The fourth-order valence-corrected chi connectivity index (χ4v) is 6.31. The second kappa shape index (κ2) is 11.1. The molecule has 3 aromatic rings. The molecule has 0 bridgehead atoms. The van der Waals surface area contributed by atoms with Crippen molar-refractivity contribution in [1.82, 2.24) is 14.5 Å². The molecule has 1 saturated heterocycles. The maximum atomic E-state index is 12.9. The summed E-state index contributed by atoms with van der Waals surface area (Å²) < 4.78 is 32.4. The first-order chi connectivity index (χ1) is 16.4. The number of carbonyl (C=O) groups excluding carboxylic acids is 1. The van der Waals surface area contributed by atoms with E-state index in [1.165, 1.54) is 15.6 Å². The highest BCUT2D eigenvalue weighted by Crippen LogP contribution is 2.29. The number of piperidine rings is 1. The van der Waals surface area contributed by atoms with E-state index < -0.39 is 15.9 Å². The molecule has 0 spiro atoms. The minimum absolute atomic E-state index is 0.0812. The lowest BCUT2D eigenvalue weighted by Crippen LogP contribution is -2.44. The number of benzene rings is 2. The highest BCUT2D eigenvalue weighted by Gasteiger charge is 2.32. The SMILES string of the molecule is COc1ccc(-c2nnc(NC(=O)C3CCCN(S(=O)(=O)CCCc4ccccc4)C3)s2)cc1. The molecule has 1 fully saturated rings. The maximum absolute atomic E-state index is 12.9. The van der Waals surface area contributed by atoms with Gasteiger partial charge in [-0.05, 0) is 55.5 Å². The zero-order valence-electron chi connectivity index (χ0n) is 19.0. The number of hydrogen-bond donors (Lipinski definition) is 1. The highest BCUT2D eigenvalue weighted by molar-refractivity contribution is 7.89. The van der Waals surface area contributed by atoms with Crippen LogP contribution in [0.3, 0.4) is 0 Å². The van der Waals surface area contributed by atoms with E-state index in [4.69, 9.17) is 4.74 Å². The number of aryl methyl sites for hydroxylation is 1. The van der Waals surface area contributed by atoms with E-state index in [-0.39, 0.29) is 18.2 Å². The number of nitrogens with zero attached hydrogens (tertiary/aromatic N) is 3. The van der Waals surface area contributed by atoms with Gasteiger partial charge >= 0.3 is 0 Å². The number of carbonyl (C=O) groups is 1. The molecule has 180 valence electrons. The first kappa shape index (κ1) is 24.3. The van der Waals surface area contributed by atoms with Crippen LogP contribution in [0.2, 0.25) is 0 Å². The Labute approximate surface area is 204 Å². The zero-order chi connectivity index (χ0) is 24.0. The summed E-state index contributed by atoms with van der Waals surface area (Å²) in [5, 5.41) is 12.1. The number of ether oxygens (including phenoxy) is 1. The first-order valence-corrected chi connectivity index (χ1v) is 13.7. The van der Waals surface area contributed by atoms with Crippen LogP contribution in [0.5, 0.6) is 5.75 Å². The van der Waals surface area contributed by atoms with Gasteiger partial charge in [0.2, 0.25) is 21.1 Å². The number of anilines is 1. The Balaban J connectivity index is 1.31. The molecule has 1 aliphatic heterocycles. The van der Waals surface area contributed by atoms with E-state index in [9.17, 15) is 13.2 Å². The second-order valence-electron chi connectivity index (χ2n) is 8.23. The van der Waals surface area contributed by atoms with Crippen molar-refractivity contribution in [2.24, 2.45) is 5.92 Å². The summed E-state index contributed by atoms with van der Waals surface area (Å²) in [7, 11) is -1.81. The fraction of sp³-hybridized carbons (Fsp3) is 0.375. The molecular formula is C24H28N4O4S2. The Morgan fingerprint density at radius 3 is 2.65 bits per heavy atom. The lowest BCUT2D eigenvalue weighted by atomic mass is 9.99. The van der Waals surface area contributed by atoms with Crippen molar-refractivity contribution in [3.8, 4) is 16.3 Å². The molecule has 10 heteroatoms. The van der Waals surface area contributed by atoms with E-state index in [1.807, 2.05) is 54.6 Å². The number of hydrogen-bond acceptors (Lipinski definition) is 7. The topological polar surface area (TPSA) is 101 Å². The third-order valence-electron chi connectivity index (χ3n) is 5.85. The third-order valence-corrected chi connectivity index (χ3v) is 8.66. The number of methoxy groups -OCH3 is 1. The molecule has 1 amide bonds. The minimum Gasteiger partial charge on any atom is -0.497 e. The monoisotopic (exact) mass is 500 g/mol. The van der Waals surface area contributed by atoms with Gasteiger partial charge in [0, 0.05) is 18.7 Å². The normalized spacial score (nSPS) is 16.8. The fourth-order valence-electron chi connectivity index (χ4n) is 3.97. The Kier molecular flexibility index (Phi) is 7.91. The number of nitrogens with one attached hydrogen (secondary N) is 1. The van der Waals surface area contributed by atoms with Crippen molar-refractivity contribution in [3.63, 3.8) is 0 Å². The summed E-state index contributed by atoms with van der Waals surface area (Å²) in [5.74, 6) is 0.198. The lowest BCUT2D eigenvalue weighted by molar-refractivity contribution is -0.120. The van der Waals surface area contributed by atoms with Gasteiger partial charge in [0.05, 0.1) is 18.8 Å². The number of amides is 1. The summed E-state index contributed by atoms with van der Waals surface area (Å²) in [6.07, 6.45) is 2.57. The zero-order valence-corrected chi connectivity index (χ0v) is 20.6. The van der Waals surface area contributed by atoms with Crippen LogP contribution in [-0.2, 0) is 21.2 Å². The molecule has 34 heavy (non-hydrogen) atoms. The summed E-state index contributed by atoms with van der Waals surface area (Å²) in [6.45, 7) is 0.654. The van der Waals surface area contributed by atoms with Crippen LogP contribution in [0.1, 0.15) is 24.8 Å². The number of sulfonamides is 1. The van der Waals surface area contributed by atoms with E-state index in [1.54, 1.807) is 7.11 Å². The molecule has 1 unspecified atom stereocenters. The molecule has 0 aliphatic carbocycles. The van der Waals surface area contributed by atoms with E-state index in [0.29, 0.717) is 42.4 Å². The molecular weight excluding hydrogens is 472 g/mol. The predicted molar refractivity (Wildman–Crippen MR) is 133 cm³/mol. The highest BCUT2D eigenvalue weighted by atomic mass is 32.2. The van der Waals surface area contributed by atoms with Gasteiger partial charge in [0.1, 0.15) is 10.8 Å². The smallest absolute Gasteiger partial charge is 0.230 e. The van der Waals surface area contributed by atoms with Crippen LogP contribution in [0.25, 0.3) is 10.6 Å². The van der Waals surface area contributed by atoms with Crippen molar-refractivity contribution in [1.29, 1.82) is 0 Å². The van der Waals surface area contributed by atoms with E-state index in [0.717, 1.165) is 16.9 Å². The van der Waals surface area contributed by atoms with Crippen LogP contribution in [-0.4, -0.2) is 54.8 Å².